The van der Waals surface area contributed by atoms with Crippen LogP contribution in [0.4, 0.5) is 0 Å². The summed E-state index contributed by atoms with van der Waals surface area (Å²) in [5.74, 6) is 0.745. The van der Waals surface area contributed by atoms with Gasteiger partial charge in [-0.3, -0.25) is 14.5 Å². The lowest BCUT2D eigenvalue weighted by Gasteiger charge is -2.17. The van der Waals surface area contributed by atoms with E-state index in [2.05, 4.69) is 0 Å². The molecule has 0 atom stereocenters. The summed E-state index contributed by atoms with van der Waals surface area (Å²) in [6, 6.07) is 5.96. The lowest BCUT2D eigenvalue weighted by atomic mass is 10.0. The Balaban J connectivity index is 2.50. The van der Waals surface area contributed by atoms with Crippen molar-refractivity contribution < 1.29 is 9.59 Å². The third-order valence-electron chi connectivity index (χ3n) is 3.76. The number of benzene rings is 1. The van der Waals surface area contributed by atoms with Crippen LogP contribution >= 0.6 is 11.8 Å². The summed E-state index contributed by atoms with van der Waals surface area (Å²) in [5.41, 5.74) is 3.74. The summed E-state index contributed by atoms with van der Waals surface area (Å²) in [6.07, 6.45) is 0. The number of carbonyl (C=O) groups excluding carboxylic acids is 2. The fourth-order valence-electron chi connectivity index (χ4n) is 2.51. The number of hydrogen-bond donors (Lipinski definition) is 0. The van der Waals surface area contributed by atoms with E-state index in [0.717, 1.165) is 16.9 Å². The molecule has 0 radical (unpaired) electrons. The molecule has 0 fully saturated rings. The maximum Gasteiger partial charge on any atom is 0.267 e. The van der Waals surface area contributed by atoms with Crippen LogP contribution in [0.5, 0.6) is 0 Å². The van der Waals surface area contributed by atoms with Crippen molar-refractivity contribution >= 4 is 29.1 Å². The predicted octanol–water partition coefficient (Wildman–Crippen LogP) is 3.79. The number of imide groups is 1. The SMILES string of the molecule is CCSC1=C(c2ccc(C)c(C)c2)C(=O)N(CC(C)C)C1=O. The minimum absolute atomic E-state index is 0.140. The first kappa shape index (κ1) is 16.8. The molecule has 0 saturated heterocycles. The van der Waals surface area contributed by atoms with E-state index in [0.29, 0.717) is 17.0 Å². The van der Waals surface area contributed by atoms with E-state index in [4.69, 9.17) is 0 Å². The van der Waals surface area contributed by atoms with Crippen molar-refractivity contribution in [2.24, 2.45) is 5.92 Å². The van der Waals surface area contributed by atoms with Crippen molar-refractivity contribution in [3.8, 4) is 0 Å². The van der Waals surface area contributed by atoms with Gasteiger partial charge in [0.05, 0.1) is 10.5 Å². The molecule has 4 heteroatoms. The molecule has 0 bridgehead atoms. The van der Waals surface area contributed by atoms with E-state index >= 15 is 0 Å². The lowest BCUT2D eigenvalue weighted by molar-refractivity contribution is -0.137. The summed E-state index contributed by atoms with van der Waals surface area (Å²) in [4.78, 5) is 27.4. The summed E-state index contributed by atoms with van der Waals surface area (Å²) in [6.45, 7) is 10.6. The molecule has 1 aliphatic rings. The highest BCUT2D eigenvalue weighted by molar-refractivity contribution is 8.04. The molecule has 0 aliphatic carbocycles. The van der Waals surface area contributed by atoms with Gasteiger partial charge in [-0.2, -0.15) is 0 Å². The fraction of sp³-hybridized carbons (Fsp3) is 0.444. The van der Waals surface area contributed by atoms with Gasteiger partial charge in [0.1, 0.15) is 0 Å². The predicted molar refractivity (Wildman–Crippen MR) is 92.5 cm³/mol. The van der Waals surface area contributed by atoms with Crippen molar-refractivity contribution in [1.82, 2.24) is 4.90 Å². The zero-order valence-corrected chi connectivity index (χ0v) is 14.7. The highest BCUT2D eigenvalue weighted by Gasteiger charge is 2.39. The van der Waals surface area contributed by atoms with Crippen LogP contribution in [-0.4, -0.2) is 29.0 Å². The number of nitrogens with zero attached hydrogens (tertiary/aromatic N) is 1. The molecule has 3 nitrogen and oxygen atoms in total. The van der Waals surface area contributed by atoms with Crippen LogP contribution in [0.15, 0.2) is 23.1 Å². The topological polar surface area (TPSA) is 37.4 Å². The third-order valence-corrected chi connectivity index (χ3v) is 4.71. The van der Waals surface area contributed by atoms with Gasteiger partial charge in [-0.15, -0.1) is 11.8 Å². The Hall–Kier alpha value is -1.55. The van der Waals surface area contributed by atoms with Gasteiger partial charge in [0.15, 0.2) is 0 Å². The van der Waals surface area contributed by atoms with Crippen LogP contribution in [0, 0.1) is 19.8 Å². The molecule has 2 amide bonds. The number of rotatable bonds is 5. The Bertz CT molecular complexity index is 646. The normalized spacial score (nSPS) is 15.5. The summed E-state index contributed by atoms with van der Waals surface area (Å²) in [5, 5.41) is 0. The second-order valence-corrected chi connectivity index (χ2v) is 7.33. The zero-order chi connectivity index (χ0) is 16.4. The van der Waals surface area contributed by atoms with E-state index in [1.165, 1.54) is 22.2 Å². The maximum absolute atomic E-state index is 12.8. The molecule has 22 heavy (non-hydrogen) atoms. The van der Waals surface area contributed by atoms with E-state index < -0.39 is 0 Å². The first-order valence-corrected chi connectivity index (χ1v) is 8.66. The Kier molecular flexibility index (Phi) is 5.12. The van der Waals surface area contributed by atoms with E-state index in [1.54, 1.807) is 0 Å². The Morgan fingerprint density at radius 1 is 1.09 bits per heavy atom. The summed E-state index contributed by atoms with van der Waals surface area (Å²) < 4.78 is 0. The van der Waals surface area contributed by atoms with Gasteiger partial charge in [0.2, 0.25) is 0 Å². The van der Waals surface area contributed by atoms with Crippen molar-refractivity contribution in [3.63, 3.8) is 0 Å². The van der Waals surface area contributed by atoms with E-state index in [1.807, 2.05) is 52.8 Å². The van der Waals surface area contributed by atoms with Gasteiger partial charge in [-0.1, -0.05) is 39.0 Å². The van der Waals surface area contributed by atoms with Crippen molar-refractivity contribution in [1.29, 1.82) is 0 Å². The first-order chi connectivity index (χ1) is 10.4. The van der Waals surface area contributed by atoms with Crippen LogP contribution in [-0.2, 0) is 9.59 Å². The summed E-state index contributed by atoms with van der Waals surface area (Å²) >= 11 is 1.46. The molecule has 0 spiro atoms. The van der Waals surface area contributed by atoms with Crippen LogP contribution in [0.2, 0.25) is 0 Å². The van der Waals surface area contributed by atoms with Crippen molar-refractivity contribution in [2.75, 3.05) is 12.3 Å². The van der Waals surface area contributed by atoms with Crippen LogP contribution in [0.25, 0.3) is 5.57 Å². The standard InChI is InChI=1S/C18H23NO2S/c1-6-22-16-15(14-8-7-12(4)13(5)9-14)17(20)19(18(16)21)10-11(2)3/h7-9,11H,6,10H2,1-5H3. The Morgan fingerprint density at radius 2 is 1.77 bits per heavy atom. The zero-order valence-electron chi connectivity index (χ0n) is 13.9. The third kappa shape index (κ3) is 3.12. The Morgan fingerprint density at radius 3 is 2.32 bits per heavy atom. The minimum Gasteiger partial charge on any atom is -0.274 e. The lowest BCUT2D eigenvalue weighted by Crippen LogP contribution is -2.34. The average Bonchev–Trinajstić information content (AvgIpc) is 2.67. The minimum atomic E-state index is -0.155. The van der Waals surface area contributed by atoms with Crippen LogP contribution in [0.1, 0.15) is 37.5 Å². The number of amides is 2. The summed E-state index contributed by atoms with van der Waals surface area (Å²) in [7, 11) is 0. The molecule has 1 aromatic carbocycles. The molecule has 0 unspecified atom stereocenters. The fourth-order valence-corrected chi connectivity index (χ4v) is 3.39. The average molecular weight is 317 g/mol. The van der Waals surface area contributed by atoms with Crippen molar-refractivity contribution in [3.05, 3.63) is 39.8 Å². The molecule has 1 aromatic rings. The molecule has 0 saturated carbocycles. The molecular formula is C18H23NO2S. The van der Waals surface area contributed by atoms with E-state index in [-0.39, 0.29) is 17.7 Å². The number of aryl methyl sites for hydroxylation is 2. The number of thioether (sulfide) groups is 1. The second-order valence-electron chi connectivity index (χ2n) is 6.05. The van der Waals surface area contributed by atoms with Gasteiger partial charge in [-0.25, -0.2) is 0 Å². The van der Waals surface area contributed by atoms with Gasteiger partial charge >= 0.3 is 0 Å². The van der Waals surface area contributed by atoms with Crippen LogP contribution < -0.4 is 0 Å². The van der Waals surface area contributed by atoms with Crippen molar-refractivity contribution in [2.45, 2.75) is 34.6 Å². The molecule has 2 rings (SSSR count). The molecule has 118 valence electrons. The first-order valence-electron chi connectivity index (χ1n) is 7.67. The quantitative estimate of drug-likeness (QED) is 0.775. The highest BCUT2D eigenvalue weighted by atomic mass is 32.2. The molecule has 1 heterocycles. The maximum atomic E-state index is 12.8. The highest BCUT2D eigenvalue weighted by Crippen LogP contribution is 2.36. The van der Waals surface area contributed by atoms with Crippen LogP contribution in [0.3, 0.4) is 0 Å². The van der Waals surface area contributed by atoms with Gasteiger partial charge in [-0.05, 0) is 42.2 Å². The molecular weight excluding hydrogens is 294 g/mol. The van der Waals surface area contributed by atoms with E-state index in [9.17, 15) is 9.59 Å². The largest absolute Gasteiger partial charge is 0.274 e. The second kappa shape index (κ2) is 6.69. The molecule has 1 aliphatic heterocycles. The Labute approximate surface area is 136 Å². The molecule has 0 N–H and O–H groups in total. The smallest absolute Gasteiger partial charge is 0.267 e. The number of carbonyl (C=O) groups is 2. The molecule has 0 aromatic heterocycles. The van der Waals surface area contributed by atoms with Gasteiger partial charge in [0.25, 0.3) is 11.8 Å². The monoisotopic (exact) mass is 317 g/mol. The van der Waals surface area contributed by atoms with Gasteiger partial charge < -0.3 is 0 Å². The van der Waals surface area contributed by atoms with Gasteiger partial charge in [0, 0.05) is 6.54 Å². The number of hydrogen-bond acceptors (Lipinski definition) is 3.